The van der Waals surface area contributed by atoms with Crippen molar-refractivity contribution in [3.63, 3.8) is 0 Å². The molecule has 0 amide bonds. The van der Waals surface area contributed by atoms with E-state index in [1.54, 1.807) is 18.2 Å². The first-order valence-corrected chi connectivity index (χ1v) is 7.58. The molecule has 0 aromatic heterocycles. The largest absolute Gasteiger partial charge is 0.389 e. The third kappa shape index (κ3) is 7.67. The first kappa shape index (κ1) is 23.1. The van der Waals surface area contributed by atoms with Gasteiger partial charge in [-0.3, -0.25) is 4.90 Å². The minimum Gasteiger partial charge on any atom is -0.314 e. The molecule has 0 saturated carbocycles. The molecule has 2 rings (SSSR count). The van der Waals surface area contributed by atoms with Crippen LogP contribution in [-0.2, 0) is 0 Å². The molecule has 23 heavy (non-hydrogen) atoms. The highest BCUT2D eigenvalue weighted by molar-refractivity contribution is 6.34. The number of alkyl halides is 3. The van der Waals surface area contributed by atoms with Gasteiger partial charge >= 0.3 is 6.18 Å². The van der Waals surface area contributed by atoms with Crippen LogP contribution in [0.5, 0.6) is 0 Å². The Bertz CT molecular complexity index is 459. The molecular weight excluding hydrogens is 395 g/mol. The van der Waals surface area contributed by atoms with E-state index in [0.717, 1.165) is 18.7 Å². The van der Waals surface area contributed by atoms with Gasteiger partial charge in [-0.05, 0) is 30.2 Å². The van der Waals surface area contributed by atoms with Crippen LogP contribution < -0.4 is 5.32 Å². The van der Waals surface area contributed by atoms with E-state index in [0.29, 0.717) is 23.1 Å². The van der Waals surface area contributed by atoms with E-state index in [2.05, 4.69) is 10.2 Å². The van der Waals surface area contributed by atoms with Crippen LogP contribution in [0.2, 0.25) is 10.0 Å². The average molecular weight is 414 g/mol. The highest BCUT2D eigenvalue weighted by Crippen LogP contribution is 2.34. The number of benzene rings is 1. The highest BCUT2D eigenvalue weighted by Gasteiger charge is 2.31. The maximum absolute atomic E-state index is 12.6. The van der Waals surface area contributed by atoms with Crippen molar-refractivity contribution < 1.29 is 13.2 Å². The van der Waals surface area contributed by atoms with Crippen LogP contribution in [0.1, 0.15) is 24.4 Å². The average Bonchev–Trinajstić information content (AvgIpc) is 2.37. The Kier molecular flexibility index (Phi) is 10.2. The molecule has 0 unspecified atom stereocenters. The second-order valence-electron chi connectivity index (χ2n) is 5.16. The van der Waals surface area contributed by atoms with Gasteiger partial charge in [-0.25, -0.2) is 0 Å². The predicted octanol–water partition coefficient (Wildman–Crippen LogP) is 5.13. The first-order valence-electron chi connectivity index (χ1n) is 6.83. The zero-order valence-electron chi connectivity index (χ0n) is 12.2. The Morgan fingerprint density at radius 2 is 1.57 bits per heavy atom. The normalized spacial score (nSPS) is 17.1. The van der Waals surface area contributed by atoms with Crippen molar-refractivity contribution in [2.75, 3.05) is 26.2 Å². The summed E-state index contributed by atoms with van der Waals surface area (Å²) in [6.07, 6.45) is -4.96. The van der Waals surface area contributed by atoms with Gasteiger partial charge in [0, 0.05) is 48.7 Å². The third-order valence-electron chi connectivity index (χ3n) is 3.56. The molecule has 9 heteroatoms. The van der Waals surface area contributed by atoms with Crippen LogP contribution in [0.25, 0.3) is 0 Å². The summed E-state index contributed by atoms with van der Waals surface area (Å²) < 4.78 is 37.7. The van der Waals surface area contributed by atoms with Crippen LogP contribution in [0.15, 0.2) is 18.2 Å². The molecule has 0 aliphatic carbocycles. The summed E-state index contributed by atoms with van der Waals surface area (Å²) >= 11 is 12.0. The van der Waals surface area contributed by atoms with E-state index < -0.39 is 12.6 Å². The fraction of sp³-hybridized carbons (Fsp3) is 0.571. The van der Waals surface area contributed by atoms with Crippen LogP contribution in [0.4, 0.5) is 13.2 Å². The molecule has 1 aliphatic heterocycles. The molecule has 0 spiro atoms. The van der Waals surface area contributed by atoms with Gasteiger partial charge in [0.2, 0.25) is 0 Å². The number of hydrogen-bond donors (Lipinski definition) is 1. The van der Waals surface area contributed by atoms with Gasteiger partial charge in [-0.15, -0.1) is 24.8 Å². The molecule has 2 nitrogen and oxygen atoms in total. The second kappa shape index (κ2) is 10.2. The Balaban J connectivity index is 0.00000242. The minimum absolute atomic E-state index is 0. The van der Waals surface area contributed by atoms with E-state index in [9.17, 15) is 13.2 Å². The van der Waals surface area contributed by atoms with Crippen LogP contribution in [0.3, 0.4) is 0 Å². The quantitative estimate of drug-likeness (QED) is 0.736. The topological polar surface area (TPSA) is 15.3 Å². The molecule has 0 radical (unpaired) electrons. The zero-order valence-corrected chi connectivity index (χ0v) is 15.4. The van der Waals surface area contributed by atoms with Crippen LogP contribution in [0, 0.1) is 0 Å². The fourth-order valence-electron chi connectivity index (χ4n) is 2.62. The maximum Gasteiger partial charge on any atom is 0.389 e. The lowest BCUT2D eigenvalue weighted by molar-refractivity contribution is -0.138. The summed E-state index contributed by atoms with van der Waals surface area (Å²) in [6.45, 7) is 2.98. The van der Waals surface area contributed by atoms with Crippen molar-refractivity contribution in [2.45, 2.75) is 25.1 Å². The van der Waals surface area contributed by atoms with Crippen molar-refractivity contribution in [3.05, 3.63) is 33.8 Å². The molecule has 1 aromatic carbocycles. The Morgan fingerprint density at radius 3 is 2.04 bits per heavy atom. The molecule has 1 aliphatic rings. The van der Waals surface area contributed by atoms with Gasteiger partial charge in [0.15, 0.2) is 0 Å². The summed E-state index contributed by atoms with van der Waals surface area (Å²) in [6, 6.07) is 4.68. The van der Waals surface area contributed by atoms with Gasteiger partial charge in [0.1, 0.15) is 0 Å². The Hall–Kier alpha value is 0.0900. The molecule has 1 aromatic rings. The smallest absolute Gasteiger partial charge is 0.314 e. The van der Waals surface area contributed by atoms with Crippen molar-refractivity contribution in [2.24, 2.45) is 0 Å². The predicted molar refractivity (Wildman–Crippen MR) is 93.4 cm³/mol. The van der Waals surface area contributed by atoms with E-state index >= 15 is 0 Å². The highest BCUT2D eigenvalue weighted by atomic mass is 35.5. The SMILES string of the molecule is Cl.Cl.FC(F)(F)CC[C@@H](c1cc(Cl)cc(Cl)c1)N1CCNCC1. The van der Waals surface area contributed by atoms with Gasteiger partial charge in [-0.1, -0.05) is 23.2 Å². The Morgan fingerprint density at radius 1 is 1.04 bits per heavy atom. The van der Waals surface area contributed by atoms with E-state index in [-0.39, 0.29) is 37.3 Å². The number of nitrogens with zero attached hydrogens (tertiary/aromatic N) is 1. The lowest BCUT2D eigenvalue weighted by atomic mass is 9.99. The molecular formula is C14H19Cl4F3N2. The second-order valence-corrected chi connectivity index (χ2v) is 6.03. The summed E-state index contributed by atoms with van der Waals surface area (Å²) in [5, 5.41) is 4.10. The molecule has 1 N–H and O–H groups in total. The summed E-state index contributed by atoms with van der Waals surface area (Å²) in [7, 11) is 0. The molecule has 1 fully saturated rings. The summed E-state index contributed by atoms with van der Waals surface area (Å²) in [5.41, 5.74) is 0.749. The molecule has 1 saturated heterocycles. The first-order chi connectivity index (χ1) is 9.85. The standard InChI is InChI=1S/C14H17Cl2F3N2.2ClH/c15-11-7-10(8-12(16)9-11)13(1-2-14(17,18)19)21-5-3-20-4-6-21;;/h7-9,13,20H,1-6H2;2*1H/t13-;;/m0../s1. The lowest BCUT2D eigenvalue weighted by Crippen LogP contribution is -2.45. The van der Waals surface area contributed by atoms with Crippen molar-refractivity contribution in [3.8, 4) is 0 Å². The van der Waals surface area contributed by atoms with Crippen LogP contribution >= 0.6 is 48.0 Å². The fourth-order valence-corrected chi connectivity index (χ4v) is 3.16. The maximum atomic E-state index is 12.6. The molecule has 1 heterocycles. The zero-order chi connectivity index (χ0) is 15.5. The minimum atomic E-state index is -4.16. The molecule has 1 atom stereocenters. The van der Waals surface area contributed by atoms with E-state index in [1.165, 1.54) is 0 Å². The van der Waals surface area contributed by atoms with Gasteiger partial charge < -0.3 is 5.32 Å². The third-order valence-corrected chi connectivity index (χ3v) is 4.00. The van der Waals surface area contributed by atoms with Crippen molar-refractivity contribution >= 4 is 48.0 Å². The van der Waals surface area contributed by atoms with E-state index in [4.69, 9.17) is 23.2 Å². The van der Waals surface area contributed by atoms with E-state index in [1.807, 2.05) is 0 Å². The number of rotatable bonds is 4. The van der Waals surface area contributed by atoms with Gasteiger partial charge in [0.05, 0.1) is 0 Å². The van der Waals surface area contributed by atoms with Crippen molar-refractivity contribution in [1.29, 1.82) is 0 Å². The number of hydrogen-bond acceptors (Lipinski definition) is 2. The monoisotopic (exact) mass is 412 g/mol. The van der Waals surface area contributed by atoms with Crippen molar-refractivity contribution in [1.82, 2.24) is 10.2 Å². The molecule has 134 valence electrons. The number of nitrogens with one attached hydrogen (secondary N) is 1. The summed E-state index contributed by atoms with van der Waals surface area (Å²) in [4.78, 5) is 2.06. The Labute approximate surface area is 156 Å². The lowest BCUT2D eigenvalue weighted by Gasteiger charge is -2.35. The molecule has 0 bridgehead atoms. The van der Waals surface area contributed by atoms with Gasteiger partial charge in [-0.2, -0.15) is 13.2 Å². The number of halogens is 7. The van der Waals surface area contributed by atoms with Gasteiger partial charge in [0.25, 0.3) is 0 Å². The number of piperazine rings is 1. The van der Waals surface area contributed by atoms with Crippen LogP contribution in [-0.4, -0.2) is 37.3 Å². The summed E-state index contributed by atoms with van der Waals surface area (Å²) in [5.74, 6) is 0.